The van der Waals surface area contributed by atoms with E-state index in [2.05, 4.69) is 38.4 Å². The molecule has 1 fully saturated rings. The molecule has 0 aliphatic carbocycles. The van der Waals surface area contributed by atoms with E-state index in [0.717, 1.165) is 24.0 Å². The highest BCUT2D eigenvalue weighted by Crippen LogP contribution is 2.29. The fourth-order valence-corrected chi connectivity index (χ4v) is 8.00. The van der Waals surface area contributed by atoms with E-state index in [9.17, 15) is 26.4 Å². The number of rotatable bonds is 7. The normalized spacial score (nSPS) is 14.8. The van der Waals surface area contributed by atoms with Gasteiger partial charge >= 0.3 is 0 Å². The third kappa shape index (κ3) is 7.15. The van der Waals surface area contributed by atoms with Crippen molar-refractivity contribution in [1.82, 2.24) is 15.2 Å². The number of halogens is 1. The van der Waals surface area contributed by atoms with E-state index in [4.69, 9.17) is 0 Å². The number of hydrogen-bond acceptors (Lipinski definition) is 6. The van der Waals surface area contributed by atoms with E-state index in [1.807, 2.05) is 13.0 Å². The van der Waals surface area contributed by atoms with E-state index in [0.29, 0.717) is 29.2 Å². The highest BCUT2D eigenvalue weighted by molar-refractivity contribution is 9.10. The standard InChI is InChI=1S/C28H31BrN4O6S2/c1-18-11-13-33(14-12-18)41(38,39)26-17-22(8-9-24(26)29)28(35)31-30-27(34)21-5-4-6-23(16-21)40(36,37)32-25-10-7-19(2)15-20(25)3/h4-10,15-18,32H,11-14H2,1-3H3,(H,30,34)(H,31,35). The molecule has 3 aromatic rings. The summed E-state index contributed by atoms with van der Waals surface area (Å²) < 4.78 is 56.7. The Labute approximate surface area is 248 Å². The van der Waals surface area contributed by atoms with Gasteiger partial charge in [-0.1, -0.05) is 30.7 Å². The van der Waals surface area contributed by atoms with Gasteiger partial charge in [0.25, 0.3) is 21.8 Å². The third-order valence-electron chi connectivity index (χ3n) is 6.88. The molecule has 10 nitrogen and oxygen atoms in total. The molecule has 3 N–H and O–H groups in total. The summed E-state index contributed by atoms with van der Waals surface area (Å²) in [4.78, 5) is 25.4. The smallest absolute Gasteiger partial charge is 0.269 e. The number of sulfonamides is 2. The van der Waals surface area contributed by atoms with Crippen LogP contribution in [0.1, 0.15) is 51.6 Å². The first-order valence-electron chi connectivity index (χ1n) is 12.9. The Balaban J connectivity index is 1.45. The molecule has 0 unspecified atom stereocenters. The van der Waals surface area contributed by atoms with Crippen molar-refractivity contribution in [2.75, 3.05) is 17.8 Å². The molecule has 0 saturated carbocycles. The summed E-state index contributed by atoms with van der Waals surface area (Å²) in [6.07, 6.45) is 1.51. The van der Waals surface area contributed by atoms with Crippen LogP contribution in [0.5, 0.6) is 0 Å². The lowest BCUT2D eigenvalue weighted by Gasteiger charge is -2.29. The van der Waals surface area contributed by atoms with Gasteiger partial charge in [0.05, 0.1) is 15.5 Å². The molecule has 2 amide bonds. The van der Waals surface area contributed by atoms with Crippen LogP contribution in [0.25, 0.3) is 0 Å². The van der Waals surface area contributed by atoms with Crippen molar-refractivity contribution in [3.8, 4) is 0 Å². The average Bonchev–Trinajstić information content (AvgIpc) is 2.93. The molecule has 218 valence electrons. The molecule has 3 aromatic carbocycles. The van der Waals surface area contributed by atoms with E-state index >= 15 is 0 Å². The summed E-state index contributed by atoms with van der Waals surface area (Å²) in [5.74, 6) is -1.05. The SMILES string of the molecule is Cc1ccc(NS(=O)(=O)c2cccc(C(=O)NNC(=O)c3ccc(Br)c(S(=O)(=O)N4CCC(C)CC4)c3)c2)c(C)c1. The first-order valence-corrected chi connectivity index (χ1v) is 16.6. The summed E-state index contributed by atoms with van der Waals surface area (Å²) in [6, 6.07) is 14.8. The zero-order valence-electron chi connectivity index (χ0n) is 22.8. The van der Waals surface area contributed by atoms with Crippen LogP contribution in [0.3, 0.4) is 0 Å². The van der Waals surface area contributed by atoms with Crippen LogP contribution in [-0.2, 0) is 20.0 Å². The van der Waals surface area contributed by atoms with Crippen molar-refractivity contribution in [3.63, 3.8) is 0 Å². The van der Waals surface area contributed by atoms with Gasteiger partial charge in [0, 0.05) is 28.7 Å². The minimum atomic E-state index is -4.00. The maximum absolute atomic E-state index is 13.2. The topological polar surface area (TPSA) is 142 Å². The Kier molecular flexibility index (Phi) is 9.22. The van der Waals surface area contributed by atoms with Gasteiger partial charge < -0.3 is 0 Å². The predicted molar refractivity (Wildman–Crippen MR) is 159 cm³/mol. The second-order valence-electron chi connectivity index (χ2n) is 10.1. The first kappa shape index (κ1) is 30.7. The second-order valence-corrected chi connectivity index (χ2v) is 14.5. The molecule has 0 aromatic heterocycles. The number of hydrogen-bond donors (Lipinski definition) is 3. The van der Waals surface area contributed by atoms with Crippen molar-refractivity contribution in [2.24, 2.45) is 5.92 Å². The van der Waals surface area contributed by atoms with Crippen LogP contribution in [0.2, 0.25) is 0 Å². The summed E-state index contributed by atoms with van der Waals surface area (Å²) in [7, 11) is -7.83. The minimum absolute atomic E-state index is 0.00722. The van der Waals surface area contributed by atoms with Crippen molar-refractivity contribution >= 4 is 53.5 Å². The third-order valence-corrected chi connectivity index (χ3v) is 11.1. The lowest BCUT2D eigenvalue weighted by atomic mass is 10.0. The van der Waals surface area contributed by atoms with Gasteiger partial charge in [-0.05, 0) is 96.6 Å². The van der Waals surface area contributed by atoms with Crippen molar-refractivity contribution in [3.05, 3.63) is 87.4 Å². The fourth-order valence-electron chi connectivity index (χ4n) is 4.40. The number of carbonyl (C=O) groups excluding carboxylic acids is 2. The number of aryl methyl sites for hydroxylation is 2. The Morgan fingerprint density at radius 1 is 0.854 bits per heavy atom. The summed E-state index contributed by atoms with van der Waals surface area (Å²) >= 11 is 3.28. The van der Waals surface area contributed by atoms with Crippen LogP contribution in [0, 0.1) is 19.8 Å². The molecule has 0 spiro atoms. The number of amides is 2. The molecular formula is C28H31BrN4O6S2. The molecule has 0 atom stereocenters. The van der Waals surface area contributed by atoms with Gasteiger partial charge in [-0.15, -0.1) is 0 Å². The van der Waals surface area contributed by atoms with E-state index in [1.165, 1.54) is 46.8 Å². The number of anilines is 1. The molecular weight excluding hydrogens is 632 g/mol. The van der Waals surface area contributed by atoms with Gasteiger partial charge in [-0.25, -0.2) is 16.8 Å². The average molecular weight is 664 g/mol. The summed E-state index contributed by atoms with van der Waals surface area (Å²) in [5.41, 5.74) is 6.69. The molecule has 0 bridgehead atoms. The largest absolute Gasteiger partial charge is 0.279 e. The van der Waals surface area contributed by atoms with E-state index < -0.39 is 31.9 Å². The number of nitrogens with zero attached hydrogens (tertiary/aromatic N) is 1. The zero-order valence-corrected chi connectivity index (χ0v) is 26.0. The van der Waals surface area contributed by atoms with Crippen molar-refractivity contribution < 1.29 is 26.4 Å². The maximum Gasteiger partial charge on any atom is 0.269 e. The maximum atomic E-state index is 13.2. The molecule has 41 heavy (non-hydrogen) atoms. The highest BCUT2D eigenvalue weighted by Gasteiger charge is 2.30. The quantitative estimate of drug-likeness (QED) is 0.321. The Morgan fingerprint density at radius 2 is 1.49 bits per heavy atom. The number of hydrazine groups is 1. The number of benzene rings is 3. The number of piperidine rings is 1. The minimum Gasteiger partial charge on any atom is -0.279 e. The highest BCUT2D eigenvalue weighted by atomic mass is 79.9. The van der Waals surface area contributed by atoms with Crippen LogP contribution >= 0.6 is 15.9 Å². The molecule has 13 heteroatoms. The lowest BCUT2D eigenvalue weighted by Crippen LogP contribution is -2.42. The molecule has 0 radical (unpaired) electrons. The van der Waals surface area contributed by atoms with Crippen LogP contribution < -0.4 is 15.6 Å². The Morgan fingerprint density at radius 3 is 2.12 bits per heavy atom. The predicted octanol–water partition coefficient (Wildman–Crippen LogP) is 4.36. The zero-order chi connectivity index (χ0) is 29.9. The van der Waals surface area contributed by atoms with Crippen molar-refractivity contribution in [1.29, 1.82) is 0 Å². The van der Waals surface area contributed by atoms with Gasteiger partial charge in [0.2, 0.25) is 10.0 Å². The first-order chi connectivity index (χ1) is 19.3. The van der Waals surface area contributed by atoms with Crippen LogP contribution in [-0.4, -0.2) is 46.0 Å². The molecule has 1 heterocycles. The van der Waals surface area contributed by atoms with Gasteiger partial charge in [-0.2, -0.15) is 4.31 Å². The van der Waals surface area contributed by atoms with Gasteiger partial charge in [0.1, 0.15) is 0 Å². The van der Waals surface area contributed by atoms with Crippen LogP contribution in [0.15, 0.2) is 74.9 Å². The Hall–Kier alpha value is -3.26. The summed E-state index contributed by atoms with van der Waals surface area (Å²) in [6.45, 7) is 6.57. The van der Waals surface area contributed by atoms with E-state index in [1.54, 1.807) is 19.1 Å². The Bertz CT molecular complexity index is 1700. The molecule has 1 aliphatic rings. The lowest BCUT2D eigenvalue weighted by molar-refractivity contribution is 0.0846. The molecule has 1 aliphatic heterocycles. The van der Waals surface area contributed by atoms with E-state index in [-0.39, 0.29) is 20.9 Å². The van der Waals surface area contributed by atoms with Gasteiger partial charge in [-0.3, -0.25) is 25.2 Å². The second kappa shape index (κ2) is 12.3. The summed E-state index contributed by atoms with van der Waals surface area (Å²) in [5, 5.41) is 0. The molecule has 4 rings (SSSR count). The fraction of sp³-hybridized carbons (Fsp3) is 0.286. The number of nitrogens with one attached hydrogen (secondary N) is 3. The van der Waals surface area contributed by atoms with Crippen LogP contribution in [0.4, 0.5) is 5.69 Å². The van der Waals surface area contributed by atoms with Gasteiger partial charge in [0.15, 0.2) is 0 Å². The monoisotopic (exact) mass is 662 g/mol. The number of carbonyl (C=O) groups is 2. The molecule has 1 saturated heterocycles. The van der Waals surface area contributed by atoms with Crippen molar-refractivity contribution in [2.45, 2.75) is 43.4 Å².